The van der Waals surface area contributed by atoms with Gasteiger partial charge >= 0.3 is 5.97 Å². The number of anilines is 1. The van der Waals surface area contributed by atoms with Crippen molar-refractivity contribution >= 4 is 27.6 Å². The number of nitrogen functional groups attached to an aromatic ring is 1. The first-order valence-corrected chi connectivity index (χ1v) is 6.68. The Morgan fingerprint density at radius 1 is 1.47 bits per heavy atom. The number of hydrogen-bond donors (Lipinski definition) is 1. The summed E-state index contributed by atoms with van der Waals surface area (Å²) in [5.41, 5.74) is 6.71. The lowest BCUT2D eigenvalue weighted by molar-refractivity contribution is 0.0463. The van der Waals surface area contributed by atoms with Crippen LogP contribution in [0.2, 0.25) is 0 Å². The first-order valence-electron chi connectivity index (χ1n) is 5.89. The second-order valence-electron chi connectivity index (χ2n) is 4.46. The van der Waals surface area contributed by atoms with E-state index in [1.54, 1.807) is 18.2 Å². The summed E-state index contributed by atoms with van der Waals surface area (Å²) in [6, 6.07) is 5.14. The molecule has 92 valence electrons. The molecular formula is C13H16BrNO2. The zero-order valence-corrected chi connectivity index (χ0v) is 11.2. The lowest BCUT2D eigenvalue weighted by atomic mass is 9.83. The van der Waals surface area contributed by atoms with Crippen LogP contribution in [-0.2, 0) is 4.74 Å². The van der Waals surface area contributed by atoms with Gasteiger partial charge in [-0.2, -0.15) is 0 Å². The molecule has 0 bridgehead atoms. The van der Waals surface area contributed by atoms with Gasteiger partial charge in [0.25, 0.3) is 0 Å². The van der Waals surface area contributed by atoms with Gasteiger partial charge in [0, 0.05) is 10.2 Å². The van der Waals surface area contributed by atoms with Gasteiger partial charge in [0.15, 0.2) is 0 Å². The van der Waals surface area contributed by atoms with Crippen LogP contribution >= 0.6 is 15.9 Å². The molecule has 0 heterocycles. The molecule has 2 N–H and O–H groups in total. The van der Waals surface area contributed by atoms with E-state index in [1.807, 2.05) is 0 Å². The Morgan fingerprint density at radius 2 is 2.24 bits per heavy atom. The minimum absolute atomic E-state index is 0.302. The zero-order chi connectivity index (χ0) is 12.3. The number of benzene rings is 1. The predicted molar refractivity (Wildman–Crippen MR) is 70.8 cm³/mol. The van der Waals surface area contributed by atoms with Crippen LogP contribution in [0.1, 0.15) is 36.0 Å². The van der Waals surface area contributed by atoms with E-state index in [2.05, 4.69) is 15.9 Å². The van der Waals surface area contributed by atoms with E-state index in [0.29, 0.717) is 17.9 Å². The Bertz CT molecular complexity index is 416. The van der Waals surface area contributed by atoms with Crippen LogP contribution in [0.4, 0.5) is 5.69 Å². The van der Waals surface area contributed by atoms with Crippen LogP contribution in [0.5, 0.6) is 0 Å². The third kappa shape index (κ3) is 3.22. The van der Waals surface area contributed by atoms with Gasteiger partial charge in [0.2, 0.25) is 0 Å². The van der Waals surface area contributed by atoms with E-state index >= 15 is 0 Å². The fourth-order valence-electron chi connectivity index (χ4n) is 1.88. The largest absolute Gasteiger partial charge is 0.462 e. The molecule has 4 heteroatoms. The van der Waals surface area contributed by atoms with Crippen LogP contribution in [-0.4, -0.2) is 12.6 Å². The van der Waals surface area contributed by atoms with E-state index in [4.69, 9.17) is 10.5 Å². The highest BCUT2D eigenvalue weighted by Crippen LogP contribution is 2.29. The number of esters is 1. The van der Waals surface area contributed by atoms with Crippen molar-refractivity contribution in [3.63, 3.8) is 0 Å². The molecule has 0 spiro atoms. The number of rotatable bonds is 4. The molecule has 1 saturated carbocycles. The maximum absolute atomic E-state index is 11.8. The molecule has 1 aromatic rings. The summed E-state index contributed by atoms with van der Waals surface area (Å²) in [5, 5.41) is 0. The van der Waals surface area contributed by atoms with Crippen molar-refractivity contribution in [3.05, 3.63) is 28.2 Å². The molecule has 17 heavy (non-hydrogen) atoms. The minimum Gasteiger partial charge on any atom is -0.462 e. The summed E-state index contributed by atoms with van der Waals surface area (Å²) < 4.78 is 5.97. The molecule has 0 amide bonds. The molecule has 1 aliphatic rings. The van der Waals surface area contributed by atoms with Gasteiger partial charge in [-0.05, 0) is 46.5 Å². The summed E-state index contributed by atoms with van der Waals surface area (Å²) in [4.78, 5) is 11.8. The Hall–Kier alpha value is -1.03. The van der Waals surface area contributed by atoms with E-state index in [1.165, 1.54) is 19.3 Å². The fourth-order valence-corrected chi connectivity index (χ4v) is 2.29. The molecule has 1 fully saturated rings. The predicted octanol–water partition coefficient (Wildman–Crippen LogP) is 3.38. The summed E-state index contributed by atoms with van der Waals surface area (Å²) in [6.45, 7) is 0.505. The maximum Gasteiger partial charge on any atom is 0.339 e. The SMILES string of the molecule is Nc1ccc(Br)c(C(=O)OCCC2CCC2)c1. The second kappa shape index (κ2) is 5.54. The number of halogens is 1. The van der Waals surface area contributed by atoms with Gasteiger partial charge in [-0.25, -0.2) is 4.79 Å². The highest BCUT2D eigenvalue weighted by Gasteiger charge is 2.18. The lowest BCUT2D eigenvalue weighted by Gasteiger charge is -2.24. The lowest BCUT2D eigenvalue weighted by Crippen LogP contribution is -2.15. The van der Waals surface area contributed by atoms with Gasteiger partial charge < -0.3 is 10.5 Å². The normalized spacial score (nSPS) is 15.4. The van der Waals surface area contributed by atoms with Gasteiger partial charge in [0.1, 0.15) is 0 Å². The number of nitrogens with two attached hydrogens (primary N) is 1. The zero-order valence-electron chi connectivity index (χ0n) is 9.62. The number of carbonyl (C=O) groups is 1. The average molecular weight is 298 g/mol. The second-order valence-corrected chi connectivity index (χ2v) is 5.32. The average Bonchev–Trinajstić information content (AvgIpc) is 2.25. The van der Waals surface area contributed by atoms with Gasteiger partial charge in [-0.1, -0.05) is 19.3 Å². The molecule has 0 saturated heterocycles. The summed E-state index contributed by atoms with van der Waals surface area (Å²) in [7, 11) is 0. The van der Waals surface area contributed by atoms with Crippen molar-refractivity contribution in [2.75, 3.05) is 12.3 Å². The molecule has 1 aromatic carbocycles. The van der Waals surface area contributed by atoms with Gasteiger partial charge in [-0.15, -0.1) is 0 Å². The number of carbonyl (C=O) groups excluding carboxylic acids is 1. The Balaban J connectivity index is 1.87. The summed E-state index contributed by atoms with van der Waals surface area (Å²) in [5.74, 6) is 0.454. The van der Waals surface area contributed by atoms with E-state index in [0.717, 1.165) is 16.8 Å². The van der Waals surface area contributed by atoms with Gasteiger partial charge in [0.05, 0.1) is 12.2 Å². The minimum atomic E-state index is -0.302. The molecule has 0 unspecified atom stereocenters. The Morgan fingerprint density at radius 3 is 2.88 bits per heavy atom. The number of ether oxygens (including phenoxy) is 1. The summed E-state index contributed by atoms with van der Waals surface area (Å²) in [6.07, 6.45) is 4.85. The Labute approximate surface area is 109 Å². The highest BCUT2D eigenvalue weighted by molar-refractivity contribution is 9.10. The first-order chi connectivity index (χ1) is 8.16. The van der Waals surface area contributed by atoms with Gasteiger partial charge in [-0.3, -0.25) is 0 Å². The number of hydrogen-bond acceptors (Lipinski definition) is 3. The molecule has 0 atom stereocenters. The third-order valence-electron chi connectivity index (χ3n) is 3.19. The van der Waals surface area contributed by atoms with Crippen molar-refractivity contribution in [2.24, 2.45) is 5.92 Å². The highest BCUT2D eigenvalue weighted by atomic mass is 79.9. The maximum atomic E-state index is 11.8. The van der Waals surface area contributed by atoms with Crippen LogP contribution in [0.3, 0.4) is 0 Å². The van der Waals surface area contributed by atoms with Crippen molar-refractivity contribution < 1.29 is 9.53 Å². The topological polar surface area (TPSA) is 52.3 Å². The molecule has 1 aliphatic carbocycles. The van der Waals surface area contributed by atoms with Crippen LogP contribution < -0.4 is 5.73 Å². The first kappa shape index (κ1) is 12.4. The molecular weight excluding hydrogens is 282 g/mol. The quantitative estimate of drug-likeness (QED) is 0.685. The van der Waals surface area contributed by atoms with Crippen molar-refractivity contribution in [2.45, 2.75) is 25.7 Å². The van der Waals surface area contributed by atoms with E-state index in [9.17, 15) is 4.79 Å². The molecule has 0 aliphatic heterocycles. The van der Waals surface area contributed by atoms with Crippen molar-refractivity contribution in [1.29, 1.82) is 0 Å². The van der Waals surface area contributed by atoms with Crippen LogP contribution in [0.25, 0.3) is 0 Å². The van der Waals surface area contributed by atoms with Crippen LogP contribution in [0.15, 0.2) is 22.7 Å². The molecule has 2 rings (SSSR count). The standard InChI is InChI=1S/C13H16BrNO2/c14-12-5-4-10(15)8-11(12)13(16)17-7-6-9-2-1-3-9/h4-5,8-9H,1-3,6-7,15H2. The summed E-state index contributed by atoms with van der Waals surface area (Å²) >= 11 is 3.32. The fraction of sp³-hybridized carbons (Fsp3) is 0.462. The molecule has 3 nitrogen and oxygen atoms in total. The van der Waals surface area contributed by atoms with Crippen LogP contribution in [0, 0.1) is 5.92 Å². The van der Waals surface area contributed by atoms with E-state index in [-0.39, 0.29) is 5.97 Å². The smallest absolute Gasteiger partial charge is 0.339 e. The monoisotopic (exact) mass is 297 g/mol. The molecule has 0 aromatic heterocycles. The van der Waals surface area contributed by atoms with Crippen molar-refractivity contribution in [3.8, 4) is 0 Å². The molecule has 0 radical (unpaired) electrons. The van der Waals surface area contributed by atoms with Crippen molar-refractivity contribution in [1.82, 2.24) is 0 Å². The third-order valence-corrected chi connectivity index (χ3v) is 3.89. The Kier molecular flexibility index (Phi) is 4.05. The van der Waals surface area contributed by atoms with E-state index < -0.39 is 0 Å².